The van der Waals surface area contributed by atoms with Gasteiger partial charge in [-0.15, -0.1) is 0 Å². The third-order valence-electron chi connectivity index (χ3n) is 5.93. The maximum atomic E-state index is 4.11. The zero-order chi connectivity index (χ0) is 22.7. The summed E-state index contributed by atoms with van der Waals surface area (Å²) in [6, 6.07) is 25.5. The van der Waals surface area contributed by atoms with Crippen LogP contribution in [0.3, 0.4) is 0 Å². The Morgan fingerprint density at radius 1 is 0.588 bits per heavy atom. The lowest BCUT2D eigenvalue weighted by molar-refractivity contribution is -0.598. The van der Waals surface area contributed by atoms with E-state index in [4.69, 9.17) is 0 Å². The standard InChI is InChI=1S/C28H22N6/c1-5-27(33-19-13-29-21-33)6-2-25(1)31-15-9-23(10-16-31)24-11-17-32(18-12-24)26-3-7-28(8-4-26)34-20-14-30-22-34/h1-22H/q+2/p+1. The Kier molecular flexibility index (Phi) is 5.01. The Bertz CT molecular complexity index is 1360. The van der Waals surface area contributed by atoms with Crippen LogP contribution in [0.15, 0.2) is 135 Å². The number of nitrogens with one attached hydrogen (secondary N) is 1. The second-order valence-electron chi connectivity index (χ2n) is 8.01. The van der Waals surface area contributed by atoms with Crippen molar-refractivity contribution in [1.29, 1.82) is 0 Å². The fraction of sp³-hybridized carbons (Fsp3) is 0. The lowest BCUT2D eigenvalue weighted by Crippen LogP contribution is -2.31. The van der Waals surface area contributed by atoms with E-state index in [2.05, 4.69) is 117 Å². The molecule has 2 aromatic carbocycles. The molecule has 34 heavy (non-hydrogen) atoms. The fourth-order valence-corrected chi connectivity index (χ4v) is 4.04. The summed E-state index contributed by atoms with van der Waals surface area (Å²) in [5.41, 5.74) is 6.81. The van der Waals surface area contributed by atoms with Gasteiger partial charge in [-0.2, -0.15) is 9.13 Å². The second kappa shape index (κ2) is 8.60. The van der Waals surface area contributed by atoms with E-state index in [1.807, 2.05) is 34.1 Å². The largest absolute Gasteiger partial charge is 0.306 e. The summed E-state index contributed by atoms with van der Waals surface area (Å²) >= 11 is 0. The molecule has 0 radical (unpaired) electrons. The van der Waals surface area contributed by atoms with Crippen molar-refractivity contribution in [2.75, 3.05) is 0 Å². The molecule has 0 aliphatic heterocycles. The first-order valence-electron chi connectivity index (χ1n) is 11.1. The minimum absolute atomic E-state index is 1.09. The van der Waals surface area contributed by atoms with E-state index in [0.717, 1.165) is 22.7 Å². The highest BCUT2D eigenvalue weighted by Crippen LogP contribution is 2.17. The molecule has 6 nitrogen and oxygen atoms in total. The van der Waals surface area contributed by atoms with Crippen LogP contribution in [0.4, 0.5) is 0 Å². The molecule has 4 heterocycles. The third-order valence-corrected chi connectivity index (χ3v) is 5.93. The molecule has 6 rings (SSSR count). The van der Waals surface area contributed by atoms with Crippen molar-refractivity contribution in [3.05, 3.63) is 135 Å². The molecule has 0 amide bonds. The summed E-state index contributed by atoms with van der Waals surface area (Å²) in [6.45, 7) is 0. The van der Waals surface area contributed by atoms with Crippen molar-refractivity contribution in [2.24, 2.45) is 0 Å². The molecule has 0 fully saturated rings. The summed E-state index contributed by atoms with van der Waals surface area (Å²) in [7, 11) is 0. The average Bonchev–Trinajstić information content (AvgIpc) is 3.65. The number of aromatic amines is 1. The van der Waals surface area contributed by atoms with Gasteiger partial charge in [-0.3, -0.25) is 0 Å². The molecule has 0 saturated carbocycles. The van der Waals surface area contributed by atoms with Gasteiger partial charge in [0.2, 0.25) is 17.7 Å². The minimum Gasteiger partial charge on any atom is -0.306 e. The quantitative estimate of drug-likeness (QED) is 0.406. The number of rotatable bonds is 5. The van der Waals surface area contributed by atoms with E-state index >= 15 is 0 Å². The van der Waals surface area contributed by atoms with E-state index in [-0.39, 0.29) is 0 Å². The van der Waals surface area contributed by atoms with Crippen LogP contribution < -0.4 is 13.7 Å². The molecule has 4 aromatic heterocycles. The van der Waals surface area contributed by atoms with E-state index < -0.39 is 0 Å². The number of pyridine rings is 2. The molecule has 0 aliphatic carbocycles. The van der Waals surface area contributed by atoms with Gasteiger partial charge in [0.1, 0.15) is 18.1 Å². The Balaban J connectivity index is 1.18. The van der Waals surface area contributed by atoms with E-state index in [9.17, 15) is 0 Å². The number of hydrogen-bond donors (Lipinski definition) is 1. The second-order valence-corrected chi connectivity index (χ2v) is 8.01. The van der Waals surface area contributed by atoms with Crippen molar-refractivity contribution < 1.29 is 13.7 Å². The third kappa shape index (κ3) is 3.89. The number of H-pyrrole nitrogens is 1. The number of aromatic nitrogens is 6. The van der Waals surface area contributed by atoms with Gasteiger partial charge < -0.3 is 4.57 Å². The molecular formula is C28H23N6+3. The van der Waals surface area contributed by atoms with E-state index in [0.29, 0.717) is 0 Å². The topological polar surface area (TPSA) is 45.2 Å². The number of imidazole rings is 2. The normalized spacial score (nSPS) is 10.9. The van der Waals surface area contributed by atoms with Crippen molar-refractivity contribution >= 4 is 0 Å². The fourth-order valence-electron chi connectivity index (χ4n) is 4.04. The summed E-state index contributed by atoms with van der Waals surface area (Å²) in [5.74, 6) is 0. The molecule has 0 spiro atoms. The van der Waals surface area contributed by atoms with Crippen LogP contribution in [0.1, 0.15) is 0 Å². The molecule has 0 atom stereocenters. The van der Waals surface area contributed by atoms with Crippen molar-refractivity contribution in [3.8, 4) is 33.9 Å². The molecule has 0 bridgehead atoms. The zero-order valence-corrected chi connectivity index (χ0v) is 18.4. The Hall–Kier alpha value is -4.84. The molecular weight excluding hydrogens is 420 g/mol. The average molecular weight is 444 g/mol. The highest BCUT2D eigenvalue weighted by molar-refractivity contribution is 5.61. The predicted octanol–water partition coefficient (Wildman–Crippen LogP) is 3.70. The van der Waals surface area contributed by atoms with Crippen LogP contribution in [0.25, 0.3) is 33.9 Å². The number of benzene rings is 2. The first-order chi connectivity index (χ1) is 16.8. The van der Waals surface area contributed by atoms with Gasteiger partial charge in [0.05, 0.1) is 6.33 Å². The SMILES string of the molecule is c1cn(-c2ccc(-[n+]3ccc(-c4cc[n+](-c5ccc(-[n+]6cc[nH]c6)cc5)cc4)cc3)cc2)cn1. The number of hydrogen-bond acceptors (Lipinski definition) is 1. The molecule has 162 valence electrons. The van der Waals surface area contributed by atoms with Gasteiger partial charge in [-0.05, 0) is 35.4 Å². The lowest BCUT2D eigenvalue weighted by atomic mass is 10.1. The lowest BCUT2D eigenvalue weighted by Gasteiger charge is -2.03. The molecule has 0 saturated heterocycles. The first kappa shape index (κ1) is 19.8. The maximum Gasteiger partial charge on any atom is 0.246 e. The molecule has 6 heteroatoms. The van der Waals surface area contributed by atoms with Crippen LogP contribution >= 0.6 is 0 Å². The van der Waals surface area contributed by atoms with Crippen LogP contribution in [0.2, 0.25) is 0 Å². The van der Waals surface area contributed by atoms with E-state index in [1.165, 1.54) is 11.1 Å². The van der Waals surface area contributed by atoms with Gasteiger partial charge in [-0.25, -0.2) is 14.5 Å². The summed E-state index contributed by atoms with van der Waals surface area (Å²) in [5, 5.41) is 0. The Morgan fingerprint density at radius 3 is 1.59 bits per heavy atom. The summed E-state index contributed by atoms with van der Waals surface area (Å²) < 4.78 is 8.29. The minimum atomic E-state index is 1.09. The highest BCUT2D eigenvalue weighted by atomic mass is 15.0. The first-order valence-corrected chi connectivity index (χ1v) is 11.1. The Morgan fingerprint density at radius 2 is 1.12 bits per heavy atom. The summed E-state index contributed by atoms with van der Waals surface area (Å²) in [4.78, 5) is 7.18. The maximum absolute atomic E-state index is 4.11. The van der Waals surface area contributed by atoms with Crippen molar-refractivity contribution in [2.45, 2.75) is 0 Å². The summed E-state index contributed by atoms with van der Waals surface area (Å²) in [6.07, 6.45) is 19.8. The van der Waals surface area contributed by atoms with Gasteiger partial charge in [0.25, 0.3) is 0 Å². The smallest absolute Gasteiger partial charge is 0.246 e. The van der Waals surface area contributed by atoms with Crippen LogP contribution in [-0.2, 0) is 0 Å². The Labute approximate surface area is 197 Å². The zero-order valence-electron chi connectivity index (χ0n) is 18.4. The van der Waals surface area contributed by atoms with Crippen molar-refractivity contribution in [1.82, 2.24) is 14.5 Å². The molecule has 0 aliphatic rings. The van der Waals surface area contributed by atoms with Gasteiger partial charge >= 0.3 is 0 Å². The monoisotopic (exact) mass is 443 g/mol. The van der Waals surface area contributed by atoms with E-state index in [1.54, 1.807) is 12.5 Å². The number of nitrogens with zero attached hydrogens (tertiary/aromatic N) is 5. The van der Waals surface area contributed by atoms with Gasteiger partial charge in [0, 0.05) is 66.6 Å². The molecule has 1 N–H and O–H groups in total. The van der Waals surface area contributed by atoms with Crippen molar-refractivity contribution in [3.63, 3.8) is 0 Å². The highest BCUT2D eigenvalue weighted by Gasteiger charge is 2.11. The molecule has 6 aromatic rings. The molecule has 0 unspecified atom stereocenters. The van der Waals surface area contributed by atoms with Gasteiger partial charge in [-0.1, -0.05) is 0 Å². The van der Waals surface area contributed by atoms with Crippen LogP contribution in [-0.4, -0.2) is 14.5 Å². The predicted molar refractivity (Wildman–Crippen MR) is 128 cm³/mol. The van der Waals surface area contributed by atoms with Crippen LogP contribution in [0, 0.1) is 0 Å². The van der Waals surface area contributed by atoms with Gasteiger partial charge in [0.15, 0.2) is 24.8 Å². The van der Waals surface area contributed by atoms with Crippen LogP contribution in [0.5, 0.6) is 0 Å².